The highest BCUT2D eigenvalue weighted by atomic mass is 16.7. The summed E-state index contributed by atoms with van der Waals surface area (Å²) in [5.74, 6) is -1.13. The van der Waals surface area contributed by atoms with Crippen molar-refractivity contribution in [1.82, 2.24) is 0 Å². The van der Waals surface area contributed by atoms with E-state index < -0.39 is 5.79 Å². The van der Waals surface area contributed by atoms with Crippen LogP contribution in [0.2, 0.25) is 0 Å². The molecule has 1 aliphatic carbocycles. The summed E-state index contributed by atoms with van der Waals surface area (Å²) in [6.45, 7) is 2.11. The summed E-state index contributed by atoms with van der Waals surface area (Å²) in [4.78, 5) is 11.3. The minimum atomic E-state index is -1.05. The zero-order valence-corrected chi connectivity index (χ0v) is 8.42. The Labute approximate surface area is 78.7 Å². The third-order valence-corrected chi connectivity index (χ3v) is 2.43. The molecule has 0 aromatic carbocycles. The minimum Gasteiger partial charge on any atom is -0.343 e. The van der Waals surface area contributed by atoms with Crippen molar-refractivity contribution in [2.45, 2.75) is 32.0 Å². The van der Waals surface area contributed by atoms with Crippen molar-refractivity contribution in [3.63, 3.8) is 0 Å². The molecule has 0 unspecified atom stereocenters. The summed E-state index contributed by atoms with van der Waals surface area (Å²) in [6, 6.07) is 0. The van der Waals surface area contributed by atoms with Gasteiger partial charge in [-0.05, 0) is 18.9 Å². The van der Waals surface area contributed by atoms with Crippen LogP contribution in [0.25, 0.3) is 0 Å². The molecule has 0 radical (unpaired) electrons. The van der Waals surface area contributed by atoms with E-state index in [-0.39, 0.29) is 5.78 Å². The molecule has 74 valence electrons. The first-order valence-electron chi connectivity index (χ1n) is 4.57. The average molecular weight is 184 g/mol. The molecule has 0 N–H and O–H groups in total. The van der Waals surface area contributed by atoms with Crippen molar-refractivity contribution in [1.29, 1.82) is 0 Å². The summed E-state index contributed by atoms with van der Waals surface area (Å²) >= 11 is 0. The molecule has 1 aliphatic rings. The van der Waals surface area contributed by atoms with Gasteiger partial charge in [0, 0.05) is 19.8 Å². The van der Waals surface area contributed by atoms with Crippen LogP contribution in [-0.2, 0) is 14.3 Å². The Bertz CT molecular complexity index is 226. The van der Waals surface area contributed by atoms with Gasteiger partial charge in [0.15, 0.2) is 0 Å². The standard InChI is InChI=1S/C10H16O3/c1-4-5-6-8-7-9(11)10(8,12-2)13-3/h7H,4-6H2,1-3H3. The maximum absolute atomic E-state index is 11.3. The summed E-state index contributed by atoms with van der Waals surface area (Å²) in [6.07, 6.45) is 4.66. The minimum absolute atomic E-state index is 0.0800. The monoisotopic (exact) mass is 184 g/mol. The van der Waals surface area contributed by atoms with Gasteiger partial charge in [0.05, 0.1) is 0 Å². The molecule has 0 amide bonds. The van der Waals surface area contributed by atoms with Crippen LogP contribution in [0.3, 0.4) is 0 Å². The summed E-state index contributed by atoms with van der Waals surface area (Å²) in [5, 5.41) is 0. The van der Waals surface area contributed by atoms with Crippen molar-refractivity contribution >= 4 is 5.78 Å². The van der Waals surface area contributed by atoms with Crippen LogP contribution >= 0.6 is 0 Å². The number of carbonyl (C=O) groups excluding carboxylic acids is 1. The van der Waals surface area contributed by atoms with Crippen LogP contribution in [0.5, 0.6) is 0 Å². The molecule has 0 saturated heterocycles. The maximum atomic E-state index is 11.3. The van der Waals surface area contributed by atoms with Gasteiger partial charge in [-0.25, -0.2) is 0 Å². The molecule has 3 nitrogen and oxygen atoms in total. The Morgan fingerprint density at radius 3 is 2.38 bits per heavy atom. The van der Waals surface area contributed by atoms with E-state index in [2.05, 4.69) is 6.92 Å². The Morgan fingerprint density at radius 2 is 2.00 bits per heavy atom. The van der Waals surface area contributed by atoms with E-state index in [9.17, 15) is 4.79 Å². The zero-order chi connectivity index (χ0) is 9.90. The Morgan fingerprint density at radius 1 is 1.38 bits per heavy atom. The quantitative estimate of drug-likeness (QED) is 0.610. The fourth-order valence-electron chi connectivity index (χ4n) is 1.58. The number of ketones is 1. The predicted molar refractivity (Wildman–Crippen MR) is 49.4 cm³/mol. The lowest BCUT2D eigenvalue weighted by atomic mass is 9.85. The van der Waals surface area contributed by atoms with Crippen LogP contribution in [0.1, 0.15) is 26.2 Å². The smallest absolute Gasteiger partial charge is 0.256 e. The van der Waals surface area contributed by atoms with Gasteiger partial charge < -0.3 is 9.47 Å². The first-order chi connectivity index (χ1) is 6.21. The van der Waals surface area contributed by atoms with Crippen molar-refractivity contribution in [2.24, 2.45) is 0 Å². The van der Waals surface area contributed by atoms with Gasteiger partial charge in [-0.3, -0.25) is 4.79 Å². The van der Waals surface area contributed by atoms with Gasteiger partial charge in [0.25, 0.3) is 5.79 Å². The number of hydrogen-bond donors (Lipinski definition) is 0. The van der Waals surface area contributed by atoms with Crippen molar-refractivity contribution in [3.8, 4) is 0 Å². The second kappa shape index (κ2) is 4.03. The summed E-state index contributed by atoms with van der Waals surface area (Å²) < 4.78 is 10.2. The van der Waals surface area contributed by atoms with Gasteiger partial charge in [-0.15, -0.1) is 0 Å². The Balaban J connectivity index is 2.66. The van der Waals surface area contributed by atoms with E-state index in [0.717, 1.165) is 24.8 Å². The molecule has 3 heteroatoms. The van der Waals surface area contributed by atoms with E-state index in [1.54, 1.807) is 6.08 Å². The molecule has 0 aromatic rings. The number of unbranched alkanes of at least 4 members (excludes halogenated alkanes) is 1. The molecule has 0 aromatic heterocycles. The number of methoxy groups -OCH3 is 2. The highest BCUT2D eigenvalue weighted by molar-refractivity contribution is 6.06. The molecule has 13 heavy (non-hydrogen) atoms. The third kappa shape index (κ3) is 1.54. The van der Waals surface area contributed by atoms with Crippen molar-refractivity contribution in [3.05, 3.63) is 11.6 Å². The van der Waals surface area contributed by atoms with E-state index in [1.807, 2.05) is 0 Å². The first kappa shape index (κ1) is 10.4. The second-order valence-electron chi connectivity index (χ2n) is 3.16. The zero-order valence-electron chi connectivity index (χ0n) is 8.42. The number of ether oxygens (including phenoxy) is 2. The maximum Gasteiger partial charge on any atom is 0.256 e. The molecule has 0 spiro atoms. The normalized spacial score (nSPS) is 19.6. The van der Waals surface area contributed by atoms with Gasteiger partial charge in [0.2, 0.25) is 5.78 Å². The third-order valence-electron chi connectivity index (χ3n) is 2.43. The lowest BCUT2D eigenvalue weighted by Gasteiger charge is -2.37. The van der Waals surface area contributed by atoms with Crippen molar-refractivity contribution in [2.75, 3.05) is 14.2 Å². The molecule has 0 bridgehead atoms. The highest BCUT2D eigenvalue weighted by Gasteiger charge is 2.48. The number of hydrogen-bond acceptors (Lipinski definition) is 3. The highest BCUT2D eigenvalue weighted by Crippen LogP contribution is 2.35. The summed E-state index contributed by atoms with van der Waals surface area (Å²) in [5.41, 5.74) is 0.962. The SMILES string of the molecule is CCCCC1=CC(=O)C1(OC)OC. The fraction of sp³-hybridized carbons (Fsp3) is 0.700. The molecule has 0 aliphatic heterocycles. The summed E-state index contributed by atoms with van der Waals surface area (Å²) in [7, 11) is 3.00. The number of rotatable bonds is 5. The van der Waals surface area contributed by atoms with Crippen LogP contribution in [0, 0.1) is 0 Å². The Kier molecular flexibility index (Phi) is 3.22. The second-order valence-corrected chi connectivity index (χ2v) is 3.16. The van der Waals surface area contributed by atoms with Crippen molar-refractivity contribution < 1.29 is 14.3 Å². The molecule has 0 saturated carbocycles. The Hall–Kier alpha value is -0.670. The first-order valence-corrected chi connectivity index (χ1v) is 4.57. The molecular weight excluding hydrogens is 168 g/mol. The van der Waals surface area contributed by atoms with Gasteiger partial charge in [-0.1, -0.05) is 13.3 Å². The molecule has 1 rings (SSSR count). The number of carbonyl (C=O) groups is 1. The van der Waals surface area contributed by atoms with E-state index >= 15 is 0 Å². The molecule has 0 heterocycles. The van der Waals surface area contributed by atoms with Gasteiger partial charge in [0.1, 0.15) is 0 Å². The lowest BCUT2D eigenvalue weighted by Crippen LogP contribution is -2.50. The predicted octanol–water partition coefficient (Wildman–Crippen LogP) is 1.67. The topological polar surface area (TPSA) is 35.5 Å². The molecule has 0 atom stereocenters. The van der Waals surface area contributed by atoms with Crippen LogP contribution in [-0.4, -0.2) is 25.8 Å². The fourth-order valence-corrected chi connectivity index (χ4v) is 1.58. The van der Waals surface area contributed by atoms with E-state index in [0.29, 0.717) is 0 Å². The molecule has 0 fully saturated rings. The van der Waals surface area contributed by atoms with Gasteiger partial charge in [-0.2, -0.15) is 0 Å². The van der Waals surface area contributed by atoms with E-state index in [1.165, 1.54) is 14.2 Å². The van der Waals surface area contributed by atoms with Crippen LogP contribution in [0.4, 0.5) is 0 Å². The van der Waals surface area contributed by atoms with Crippen LogP contribution in [0.15, 0.2) is 11.6 Å². The molecular formula is C10H16O3. The van der Waals surface area contributed by atoms with Crippen LogP contribution < -0.4 is 0 Å². The lowest BCUT2D eigenvalue weighted by molar-refractivity contribution is -0.194. The largest absolute Gasteiger partial charge is 0.343 e. The average Bonchev–Trinajstić information content (AvgIpc) is 2.14. The van der Waals surface area contributed by atoms with Gasteiger partial charge >= 0.3 is 0 Å². The van der Waals surface area contributed by atoms with E-state index in [4.69, 9.17) is 9.47 Å².